The SMILES string of the molecule is Cc1cc(NC(=O)C(Oc2cccnc2[N+](=O)[O-])c2ccccc2)no1. The zero-order chi connectivity index (χ0) is 18.5. The minimum atomic E-state index is -1.14. The molecule has 3 aromatic rings. The average molecular weight is 354 g/mol. The van der Waals surface area contributed by atoms with Crippen molar-refractivity contribution in [3.63, 3.8) is 0 Å². The van der Waals surface area contributed by atoms with E-state index in [1.165, 1.54) is 18.3 Å². The minimum Gasteiger partial charge on any atom is -0.467 e. The predicted molar refractivity (Wildman–Crippen MR) is 90.6 cm³/mol. The quantitative estimate of drug-likeness (QED) is 0.533. The van der Waals surface area contributed by atoms with Gasteiger partial charge < -0.3 is 24.7 Å². The van der Waals surface area contributed by atoms with Crippen molar-refractivity contribution in [2.45, 2.75) is 13.0 Å². The van der Waals surface area contributed by atoms with Crippen molar-refractivity contribution in [2.24, 2.45) is 0 Å². The highest BCUT2D eigenvalue weighted by Crippen LogP contribution is 2.29. The summed E-state index contributed by atoms with van der Waals surface area (Å²) in [4.78, 5) is 26.9. The molecule has 0 radical (unpaired) electrons. The summed E-state index contributed by atoms with van der Waals surface area (Å²) in [5, 5.41) is 17.4. The number of carbonyl (C=O) groups excluding carboxylic acids is 1. The predicted octanol–water partition coefficient (Wildman–Crippen LogP) is 3.05. The molecule has 26 heavy (non-hydrogen) atoms. The van der Waals surface area contributed by atoms with Crippen molar-refractivity contribution >= 4 is 17.5 Å². The number of hydrogen-bond donors (Lipinski definition) is 1. The molecule has 1 unspecified atom stereocenters. The van der Waals surface area contributed by atoms with Gasteiger partial charge in [0.05, 0.1) is 0 Å². The lowest BCUT2D eigenvalue weighted by molar-refractivity contribution is -0.390. The molecule has 132 valence electrons. The van der Waals surface area contributed by atoms with Gasteiger partial charge in [0.25, 0.3) is 5.91 Å². The molecule has 2 aromatic heterocycles. The van der Waals surface area contributed by atoms with Gasteiger partial charge in [0.2, 0.25) is 11.9 Å². The van der Waals surface area contributed by atoms with Crippen LogP contribution in [0.2, 0.25) is 0 Å². The van der Waals surface area contributed by atoms with Crippen LogP contribution in [0.3, 0.4) is 0 Å². The summed E-state index contributed by atoms with van der Waals surface area (Å²) in [6, 6.07) is 13.0. The number of amides is 1. The molecule has 0 saturated heterocycles. The second kappa shape index (κ2) is 7.43. The first-order valence-corrected chi connectivity index (χ1v) is 7.60. The molecule has 3 rings (SSSR count). The standard InChI is InChI=1S/C17H14N4O5/c1-11-10-14(20-26-11)19-17(22)15(12-6-3-2-4-7-12)25-13-8-5-9-18-16(13)21(23)24/h2-10,15H,1H3,(H,19,20,22). The summed E-state index contributed by atoms with van der Waals surface area (Å²) < 4.78 is 10.6. The summed E-state index contributed by atoms with van der Waals surface area (Å²) in [6.45, 7) is 1.69. The lowest BCUT2D eigenvalue weighted by Gasteiger charge is -2.18. The Morgan fingerprint density at radius 1 is 1.27 bits per heavy atom. The first kappa shape index (κ1) is 17.1. The molecular weight excluding hydrogens is 340 g/mol. The Morgan fingerprint density at radius 3 is 2.69 bits per heavy atom. The van der Waals surface area contributed by atoms with Gasteiger partial charge in [-0.3, -0.25) is 4.79 Å². The number of pyridine rings is 1. The monoisotopic (exact) mass is 354 g/mol. The van der Waals surface area contributed by atoms with Crippen LogP contribution in [0, 0.1) is 17.0 Å². The smallest absolute Gasteiger partial charge is 0.406 e. The van der Waals surface area contributed by atoms with Crippen molar-refractivity contribution in [3.8, 4) is 5.75 Å². The number of aryl methyl sites for hydroxylation is 1. The fourth-order valence-corrected chi connectivity index (χ4v) is 2.26. The molecule has 0 aliphatic heterocycles. The van der Waals surface area contributed by atoms with Crippen LogP contribution in [0.4, 0.5) is 11.6 Å². The van der Waals surface area contributed by atoms with Crippen LogP contribution in [-0.2, 0) is 4.79 Å². The average Bonchev–Trinajstić information content (AvgIpc) is 3.05. The van der Waals surface area contributed by atoms with E-state index >= 15 is 0 Å². The van der Waals surface area contributed by atoms with E-state index in [4.69, 9.17) is 9.26 Å². The van der Waals surface area contributed by atoms with Crippen LogP contribution in [0.25, 0.3) is 0 Å². The van der Waals surface area contributed by atoms with Gasteiger partial charge in [0.1, 0.15) is 12.0 Å². The normalized spacial score (nSPS) is 11.6. The Kier molecular flexibility index (Phi) is 4.88. The summed E-state index contributed by atoms with van der Waals surface area (Å²) >= 11 is 0. The van der Waals surface area contributed by atoms with Crippen LogP contribution in [-0.4, -0.2) is 21.0 Å². The number of benzene rings is 1. The van der Waals surface area contributed by atoms with Crippen molar-refractivity contribution < 1.29 is 19.0 Å². The number of anilines is 1. The highest BCUT2D eigenvalue weighted by atomic mass is 16.6. The third-order valence-corrected chi connectivity index (χ3v) is 3.39. The molecule has 0 aliphatic carbocycles. The topological polar surface area (TPSA) is 120 Å². The lowest BCUT2D eigenvalue weighted by Crippen LogP contribution is -2.26. The highest BCUT2D eigenvalue weighted by Gasteiger charge is 2.27. The van der Waals surface area contributed by atoms with Gasteiger partial charge >= 0.3 is 5.82 Å². The van der Waals surface area contributed by atoms with Crippen LogP contribution in [0.1, 0.15) is 17.4 Å². The Morgan fingerprint density at radius 2 is 2.04 bits per heavy atom. The molecule has 9 heteroatoms. The van der Waals surface area contributed by atoms with Crippen molar-refractivity contribution in [1.82, 2.24) is 10.1 Å². The van der Waals surface area contributed by atoms with Gasteiger partial charge in [0.15, 0.2) is 5.82 Å². The molecule has 1 N–H and O–H groups in total. The van der Waals surface area contributed by atoms with Gasteiger partial charge in [-0.25, -0.2) is 0 Å². The number of nitro groups is 1. The van der Waals surface area contributed by atoms with Gasteiger partial charge in [0, 0.05) is 11.6 Å². The Balaban J connectivity index is 1.92. The van der Waals surface area contributed by atoms with E-state index in [2.05, 4.69) is 15.5 Å². The van der Waals surface area contributed by atoms with E-state index in [1.54, 1.807) is 43.3 Å². The Hall–Kier alpha value is -3.75. The molecule has 0 spiro atoms. The lowest BCUT2D eigenvalue weighted by atomic mass is 10.1. The van der Waals surface area contributed by atoms with E-state index in [-0.39, 0.29) is 11.6 Å². The molecule has 0 saturated carbocycles. The molecule has 1 atom stereocenters. The second-order valence-electron chi connectivity index (χ2n) is 5.30. The first-order valence-electron chi connectivity index (χ1n) is 7.60. The fourth-order valence-electron chi connectivity index (χ4n) is 2.26. The van der Waals surface area contributed by atoms with E-state index in [0.29, 0.717) is 11.3 Å². The van der Waals surface area contributed by atoms with Crippen LogP contribution >= 0.6 is 0 Å². The maximum absolute atomic E-state index is 12.7. The molecule has 2 heterocycles. The summed E-state index contributed by atoms with van der Waals surface area (Å²) in [5.74, 6) is -0.392. The first-order chi connectivity index (χ1) is 12.5. The van der Waals surface area contributed by atoms with Gasteiger partial charge in [-0.15, -0.1) is 0 Å². The number of ether oxygens (including phenoxy) is 1. The van der Waals surface area contributed by atoms with Crippen LogP contribution < -0.4 is 10.1 Å². The summed E-state index contributed by atoms with van der Waals surface area (Å²) in [5.41, 5.74) is 0.517. The molecule has 9 nitrogen and oxygen atoms in total. The van der Waals surface area contributed by atoms with E-state index in [1.807, 2.05) is 0 Å². The number of nitrogens with one attached hydrogen (secondary N) is 1. The Labute approximate surface area is 147 Å². The number of carbonyl (C=O) groups is 1. The van der Waals surface area contributed by atoms with Gasteiger partial charge in [-0.05, 0) is 29.0 Å². The summed E-state index contributed by atoms with van der Waals surface area (Å²) in [6.07, 6.45) is 0.136. The fraction of sp³-hybridized carbons (Fsp3) is 0.118. The van der Waals surface area contributed by atoms with E-state index in [9.17, 15) is 14.9 Å². The van der Waals surface area contributed by atoms with Gasteiger partial charge in [-0.1, -0.05) is 35.5 Å². The number of rotatable bonds is 6. The number of hydrogen-bond acceptors (Lipinski definition) is 7. The third kappa shape index (κ3) is 3.83. The zero-order valence-electron chi connectivity index (χ0n) is 13.7. The molecule has 0 bridgehead atoms. The molecular formula is C17H14N4O5. The molecule has 0 fully saturated rings. The van der Waals surface area contributed by atoms with E-state index in [0.717, 1.165) is 0 Å². The maximum Gasteiger partial charge on any atom is 0.406 e. The maximum atomic E-state index is 12.7. The molecule has 1 amide bonds. The minimum absolute atomic E-state index is 0.113. The number of nitrogens with zero attached hydrogens (tertiary/aromatic N) is 3. The van der Waals surface area contributed by atoms with Crippen LogP contribution in [0.15, 0.2) is 59.3 Å². The highest BCUT2D eigenvalue weighted by molar-refractivity contribution is 5.94. The second-order valence-corrected chi connectivity index (χ2v) is 5.30. The third-order valence-electron chi connectivity index (χ3n) is 3.39. The van der Waals surface area contributed by atoms with Crippen LogP contribution in [0.5, 0.6) is 5.75 Å². The van der Waals surface area contributed by atoms with Crippen molar-refractivity contribution in [2.75, 3.05) is 5.32 Å². The molecule has 1 aromatic carbocycles. The van der Waals surface area contributed by atoms with E-state index < -0.39 is 22.8 Å². The Bertz CT molecular complexity index is 926. The molecule has 0 aliphatic rings. The summed E-state index contributed by atoms with van der Waals surface area (Å²) in [7, 11) is 0. The van der Waals surface area contributed by atoms with Crippen molar-refractivity contribution in [3.05, 3.63) is 76.2 Å². The van der Waals surface area contributed by atoms with Gasteiger partial charge in [-0.2, -0.15) is 0 Å². The number of aromatic nitrogens is 2. The van der Waals surface area contributed by atoms with Crippen molar-refractivity contribution in [1.29, 1.82) is 0 Å². The zero-order valence-corrected chi connectivity index (χ0v) is 13.7. The largest absolute Gasteiger partial charge is 0.467 e.